The van der Waals surface area contributed by atoms with Crippen LogP contribution in [0.15, 0.2) is 84.9 Å². The summed E-state index contributed by atoms with van der Waals surface area (Å²) in [5, 5.41) is 2.64. The van der Waals surface area contributed by atoms with Crippen LogP contribution in [0.4, 0.5) is 0 Å². The van der Waals surface area contributed by atoms with Crippen LogP contribution in [0.2, 0.25) is 18.3 Å². The van der Waals surface area contributed by atoms with Crippen LogP contribution in [0.25, 0.3) is 0 Å². The van der Waals surface area contributed by atoms with E-state index in [9.17, 15) is 0 Å². The number of unbranched alkanes of at least 4 members (excludes halogenated alkanes) is 3. The van der Waals surface area contributed by atoms with E-state index in [1.54, 1.807) is 3.58 Å². The van der Waals surface area contributed by atoms with Gasteiger partial charge in [-0.3, -0.25) is 0 Å². The molecule has 0 aliphatic heterocycles. The number of rotatable bonds is 14. The van der Waals surface area contributed by atoms with Gasteiger partial charge in [0.2, 0.25) is 0 Å². The molecule has 0 spiro atoms. The Hall–Kier alpha value is -1.52. The third-order valence-electron chi connectivity index (χ3n) is 8.18. The van der Waals surface area contributed by atoms with Crippen molar-refractivity contribution in [3.63, 3.8) is 0 Å². The molecule has 0 aromatic heterocycles. The molecule has 0 unspecified atom stereocenters. The Morgan fingerprint density at radius 1 is 0.595 bits per heavy atom. The van der Waals surface area contributed by atoms with E-state index in [2.05, 4.69) is 126 Å². The van der Waals surface area contributed by atoms with E-state index in [4.69, 9.17) is 4.43 Å². The average Bonchev–Trinajstić information content (AvgIpc) is 2.92. The molecule has 0 aliphatic carbocycles. The van der Waals surface area contributed by atoms with E-state index in [0.29, 0.717) is 0 Å². The summed E-state index contributed by atoms with van der Waals surface area (Å²) < 4.78 is 13.5. The number of benzene rings is 3. The van der Waals surface area contributed by atoms with Gasteiger partial charge in [0.15, 0.2) is 0 Å². The van der Waals surface area contributed by atoms with Gasteiger partial charge in [0, 0.05) is 0 Å². The van der Waals surface area contributed by atoms with Crippen LogP contribution < -0.4 is 18.4 Å². The van der Waals surface area contributed by atoms with Gasteiger partial charge in [-0.2, -0.15) is 0 Å². The first-order valence-electron chi connectivity index (χ1n) is 14.7. The van der Waals surface area contributed by atoms with Gasteiger partial charge in [-0.1, -0.05) is 0 Å². The summed E-state index contributed by atoms with van der Waals surface area (Å²) in [6, 6.07) is 31.6. The zero-order chi connectivity index (χ0) is 26.8. The molecule has 0 radical (unpaired) electrons. The Bertz CT molecular complexity index is 979. The molecular formula is C34H50OSiSn. The van der Waals surface area contributed by atoms with Crippen molar-refractivity contribution in [2.24, 2.45) is 0 Å². The predicted molar refractivity (Wildman–Crippen MR) is 169 cm³/mol. The van der Waals surface area contributed by atoms with E-state index in [1.165, 1.54) is 62.2 Å². The van der Waals surface area contributed by atoms with E-state index in [-0.39, 0.29) is 5.04 Å². The third-order valence-corrected chi connectivity index (χ3v) is 28.8. The first-order chi connectivity index (χ1) is 17.8. The number of hydrogen-bond donors (Lipinski definition) is 0. The van der Waals surface area contributed by atoms with Gasteiger partial charge in [-0.05, 0) is 0 Å². The van der Waals surface area contributed by atoms with Crippen molar-refractivity contribution in [2.45, 2.75) is 98.4 Å². The summed E-state index contributed by atoms with van der Waals surface area (Å²) in [6.45, 7) is 14.1. The molecule has 0 saturated heterocycles. The molecule has 0 bridgehead atoms. The average molecular weight is 622 g/mol. The molecule has 0 saturated carbocycles. The summed E-state index contributed by atoms with van der Waals surface area (Å²) in [6.07, 6.45) is 8.11. The molecule has 0 amide bonds. The topological polar surface area (TPSA) is 9.23 Å². The van der Waals surface area contributed by atoms with Crippen molar-refractivity contribution < 1.29 is 4.43 Å². The van der Waals surface area contributed by atoms with Crippen molar-refractivity contribution in [2.75, 3.05) is 0 Å². The van der Waals surface area contributed by atoms with Crippen LogP contribution in [0, 0.1) is 0 Å². The molecule has 1 nitrogen and oxygen atoms in total. The van der Waals surface area contributed by atoms with Crippen molar-refractivity contribution in [1.82, 2.24) is 0 Å². The molecule has 3 heteroatoms. The van der Waals surface area contributed by atoms with Crippen LogP contribution in [-0.2, 0) is 0 Å². The van der Waals surface area contributed by atoms with Crippen LogP contribution >= 0.6 is 0 Å². The van der Waals surface area contributed by atoms with Crippen molar-refractivity contribution in [3.8, 4) is 5.75 Å². The fourth-order valence-corrected chi connectivity index (χ4v) is 26.4. The molecule has 3 aromatic carbocycles. The van der Waals surface area contributed by atoms with Gasteiger partial charge < -0.3 is 0 Å². The van der Waals surface area contributed by atoms with Crippen LogP contribution in [-0.4, -0.2) is 26.7 Å². The monoisotopic (exact) mass is 622 g/mol. The SMILES string of the molecule is CCC[CH2][Sn]([CH2]CCC)([CH2]CCC)[c]1ccc(O[Si](c2ccccc2)(c2ccccc2)C(C)(C)C)cc1. The van der Waals surface area contributed by atoms with Gasteiger partial charge >= 0.3 is 234 Å². The standard InChI is InChI=1S/C22H23OSi.3C4H9.Sn/c1-22(2,3)24(20-15-9-5-10-16-20,21-17-11-6-12-18-21)23-19-13-7-4-8-14-19;3*1-3-4-2;/h5-18H,1-3H3;3*1,3-4H2,2H3;. The summed E-state index contributed by atoms with van der Waals surface area (Å²) in [5.41, 5.74) is 0. The minimum atomic E-state index is -2.60. The zero-order valence-electron chi connectivity index (χ0n) is 24.4. The molecule has 0 atom stereocenters. The Balaban J connectivity index is 2.06. The fraction of sp³-hybridized carbons (Fsp3) is 0.471. The van der Waals surface area contributed by atoms with Crippen molar-refractivity contribution in [3.05, 3.63) is 84.9 Å². The second-order valence-corrected chi connectivity index (χ2v) is 29.3. The summed E-state index contributed by atoms with van der Waals surface area (Å²) in [4.78, 5) is 0. The van der Waals surface area contributed by atoms with E-state index >= 15 is 0 Å². The first-order valence-corrected chi connectivity index (χ1v) is 24.1. The minimum absolute atomic E-state index is 0.0270. The van der Waals surface area contributed by atoms with Crippen molar-refractivity contribution >= 4 is 40.6 Å². The van der Waals surface area contributed by atoms with Crippen LogP contribution in [0.1, 0.15) is 80.1 Å². The molecule has 0 aliphatic rings. The van der Waals surface area contributed by atoms with Gasteiger partial charge in [-0.25, -0.2) is 0 Å². The normalized spacial score (nSPS) is 12.5. The Morgan fingerprint density at radius 2 is 1.00 bits per heavy atom. The second kappa shape index (κ2) is 14.0. The van der Waals surface area contributed by atoms with Gasteiger partial charge in [0.05, 0.1) is 0 Å². The molecular weight excluding hydrogens is 571 g/mol. The molecule has 200 valence electrons. The van der Waals surface area contributed by atoms with E-state index < -0.39 is 26.7 Å². The number of hydrogen-bond acceptors (Lipinski definition) is 1. The zero-order valence-corrected chi connectivity index (χ0v) is 28.2. The molecule has 37 heavy (non-hydrogen) atoms. The third kappa shape index (κ3) is 7.12. The predicted octanol–water partition coefficient (Wildman–Crippen LogP) is 8.68. The Labute approximate surface area is 233 Å². The Morgan fingerprint density at radius 3 is 1.35 bits per heavy atom. The molecule has 3 rings (SSSR count). The van der Waals surface area contributed by atoms with Crippen molar-refractivity contribution in [1.29, 1.82) is 0 Å². The van der Waals surface area contributed by atoms with E-state index in [1.807, 2.05) is 0 Å². The molecule has 3 aromatic rings. The van der Waals surface area contributed by atoms with Gasteiger partial charge in [-0.15, -0.1) is 0 Å². The molecule has 0 N–H and O–H groups in total. The first kappa shape index (κ1) is 30.0. The quantitative estimate of drug-likeness (QED) is 0.164. The van der Waals surface area contributed by atoms with Crippen LogP contribution in [0.5, 0.6) is 5.75 Å². The maximum absolute atomic E-state index is 7.31. The summed E-state index contributed by atoms with van der Waals surface area (Å²) >= 11 is -2.45. The maximum atomic E-state index is 7.31. The summed E-state index contributed by atoms with van der Waals surface area (Å²) in [5.74, 6) is 1.03. The Kier molecular flexibility index (Phi) is 11.4. The molecule has 0 fully saturated rings. The van der Waals surface area contributed by atoms with Crippen LogP contribution in [0.3, 0.4) is 0 Å². The van der Waals surface area contributed by atoms with Gasteiger partial charge in [0.1, 0.15) is 0 Å². The molecule has 0 heterocycles. The fourth-order valence-electron chi connectivity index (χ4n) is 6.06. The van der Waals surface area contributed by atoms with Gasteiger partial charge in [0.25, 0.3) is 0 Å². The second-order valence-electron chi connectivity index (χ2n) is 11.9. The van der Waals surface area contributed by atoms with E-state index in [0.717, 1.165) is 5.75 Å². The summed E-state index contributed by atoms with van der Waals surface area (Å²) in [7, 11) is -2.60.